The highest BCUT2D eigenvalue weighted by molar-refractivity contribution is 7.85. The number of hydrogen-bond donors (Lipinski definition) is 1. The van der Waals surface area contributed by atoms with Crippen LogP contribution in [-0.2, 0) is 17.3 Å². The molecule has 9 heteroatoms. The standard InChI is InChI=1S/C27H17Cl3N2O3S/c28-18-5-3-4-16(12-18)15-32-23-13-17(26(33)31-19-9-10-21(29)22(30)14-19)8-11-25(23)36(35)24-7-2-1-6-20(24)27(32)34/h1-14H,15H2,(H,31,33). The molecule has 5 nitrogen and oxygen atoms in total. The van der Waals surface area contributed by atoms with E-state index in [1.165, 1.54) is 4.90 Å². The predicted octanol–water partition coefficient (Wildman–Crippen LogP) is 7.23. The Bertz CT molecular complexity index is 1560. The number of nitrogens with zero attached hydrogens (tertiary/aromatic N) is 1. The Labute approximate surface area is 225 Å². The van der Waals surface area contributed by atoms with Crippen LogP contribution < -0.4 is 10.2 Å². The molecule has 1 N–H and O–H groups in total. The van der Waals surface area contributed by atoms with Gasteiger partial charge in [-0.1, -0.05) is 59.1 Å². The van der Waals surface area contributed by atoms with Crippen molar-refractivity contribution in [2.24, 2.45) is 0 Å². The normalized spacial score (nSPS) is 14.6. The topological polar surface area (TPSA) is 66.5 Å². The number of fused-ring (bicyclic) bond motifs is 2. The van der Waals surface area contributed by atoms with E-state index in [1.54, 1.807) is 78.9 Å². The Morgan fingerprint density at radius 1 is 0.833 bits per heavy atom. The molecule has 1 atom stereocenters. The molecule has 4 aromatic rings. The zero-order valence-electron chi connectivity index (χ0n) is 18.5. The van der Waals surface area contributed by atoms with Gasteiger partial charge in [0.1, 0.15) is 0 Å². The maximum atomic E-state index is 13.7. The fourth-order valence-corrected chi connectivity index (χ4v) is 5.81. The Morgan fingerprint density at radius 2 is 1.64 bits per heavy atom. The van der Waals surface area contributed by atoms with Gasteiger partial charge in [0.05, 0.1) is 48.4 Å². The summed E-state index contributed by atoms with van der Waals surface area (Å²) in [4.78, 5) is 29.2. The Kier molecular flexibility index (Phi) is 6.86. The Balaban J connectivity index is 1.59. The van der Waals surface area contributed by atoms with Gasteiger partial charge in [-0.25, -0.2) is 4.21 Å². The molecule has 0 aromatic heterocycles. The molecule has 1 unspecified atom stereocenters. The number of carbonyl (C=O) groups excluding carboxylic acids is 2. The molecule has 0 saturated heterocycles. The molecule has 1 aliphatic rings. The number of anilines is 2. The van der Waals surface area contributed by atoms with Crippen molar-refractivity contribution in [2.75, 3.05) is 10.2 Å². The molecule has 0 saturated carbocycles. The highest BCUT2D eigenvalue weighted by Crippen LogP contribution is 2.36. The van der Waals surface area contributed by atoms with Crippen molar-refractivity contribution >= 4 is 68.8 Å². The van der Waals surface area contributed by atoms with Crippen LogP contribution in [0.4, 0.5) is 11.4 Å². The largest absolute Gasteiger partial charge is 0.322 e. The van der Waals surface area contributed by atoms with Gasteiger partial charge in [-0.05, 0) is 66.2 Å². The minimum Gasteiger partial charge on any atom is -0.322 e. The molecule has 1 aliphatic heterocycles. The predicted molar refractivity (Wildman–Crippen MR) is 144 cm³/mol. The number of amides is 2. The van der Waals surface area contributed by atoms with Crippen molar-refractivity contribution in [3.63, 3.8) is 0 Å². The van der Waals surface area contributed by atoms with Crippen molar-refractivity contribution < 1.29 is 13.8 Å². The summed E-state index contributed by atoms with van der Waals surface area (Å²) in [5.41, 5.74) is 2.27. The molecule has 0 aliphatic carbocycles. The van der Waals surface area contributed by atoms with Crippen LogP contribution in [0.1, 0.15) is 26.3 Å². The molecule has 2 amide bonds. The SMILES string of the molecule is O=C(Nc1ccc(Cl)c(Cl)c1)c1ccc2c(c1)N(Cc1cccc(Cl)c1)C(=O)c1ccccc1S2=O. The van der Waals surface area contributed by atoms with E-state index in [0.717, 1.165) is 5.56 Å². The number of carbonyl (C=O) groups is 2. The third-order valence-corrected chi connectivity index (χ3v) is 8.16. The van der Waals surface area contributed by atoms with E-state index in [0.29, 0.717) is 41.8 Å². The average molecular weight is 556 g/mol. The van der Waals surface area contributed by atoms with Gasteiger partial charge in [0, 0.05) is 16.3 Å². The summed E-state index contributed by atoms with van der Waals surface area (Å²) in [6.07, 6.45) is 0. The average Bonchev–Trinajstić information content (AvgIpc) is 2.96. The van der Waals surface area contributed by atoms with E-state index in [2.05, 4.69) is 5.32 Å². The minimum absolute atomic E-state index is 0.176. The number of nitrogens with one attached hydrogen (secondary N) is 1. The molecule has 0 fully saturated rings. The van der Waals surface area contributed by atoms with E-state index in [9.17, 15) is 13.8 Å². The van der Waals surface area contributed by atoms with E-state index in [-0.39, 0.29) is 18.0 Å². The molecular formula is C27H17Cl3N2O3S. The summed E-state index contributed by atoms with van der Waals surface area (Å²) in [5, 5.41) is 4.00. The fraction of sp³-hybridized carbons (Fsp3) is 0.0370. The lowest BCUT2D eigenvalue weighted by Gasteiger charge is -2.24. The quantitative estimate of drug-likeness (QED) is 0.289. The van der Waals surface area contributed by atoms with Gasteiger partial charge < -0.3 is 10.2 Å². The zero-order valence-corrected chi connectivity index (χ0v) is 21.6. The van der Waals surface area contributed by atoms with Gasteiger partial charge in [0.15, 0.2) is 0 Å². The lowest BCUT2D eigenvalue weighted by Crippen LogP contribution is -2.30. The second-order valence-corrected chi connectivity index (χ2v) is 10.7. The van der Waals surface area contributed by atoms with E-state index < -0.39 is 16.7 Å². The van der Waals surface area contributed by atoms with E-state index in [1.807, 2.05) is 6.07 Å². The van der Waals surface area contributed by atoms with Crippen molar-refractivity contribution in [1.82, 2.24) is 0 Å². The van der Waals surface area contributed by atoms with Crippen molar-refractivity contribution in [3.05, 3.63) is 117 Å². The van der Waals surface area contributed by atoms with Crippen LogP contribution in [0, 0.1) is 0 Å². The summed E-state index contributed by atoms with van der Waals surface area (Å²) < 4.78 is 13.6. The summed E-state index contributed by atoms with van der Waals surface area (Å²) in [6.45, 7) is 0.176. The fourth-order valence-electron chi connectivity index (χ4n) is 3.96. The first-order valence-corrected chi connectivity index (χ1v) is 13.1. The lowest BCUT2D eigenvalue weighted by molar-refractivity contribution is 0.0979. The third kappa shape index (κ3) is 4.77. The van der Waals surface area contributed by atoms with E-state index >= 15 is 0 Å². The van der Waals surface area contributed by atoms with Crippen LogP contribution in [0.2, 0.25) is 15.1 Å². The molecular weight excluding hydrogens is 539 g/mol. The summed E-state index contributed by atoms with van der Waals surface area (Å²) in [7, 11) is -1.63. The lowest BCUT2D eigenvalue weighted by atomic mass is 10.1. The van der Waals surface area contributed by atoms with Crippen molar-refractivity contribution in [1.29, 1.82) is 0 Å². The minimum atomic E-state index is -1.63. The first-order chi connectivity index (χ1) is 17.3. The monoisotopic (exact) mass is 554 g/mol. The van der Waals surface area contributed by atoms with Gasteiger partial charge in [-0.15, -0.1) is 0 Å². The Morgan fingerprint density at radius 3 is 2.42 bits per heavy atom. The van der Waals surface area contributed by atoms with Gasteiger partial charge in [0.25, 0.3) is 11.8 Å². The van der Waals surface area contributed by atoms with Gasteiger partial charge >= 0.3 is 0 Å². The second kappa shape index (κ2) is 10.1. The molecule has 0 radical (unpaired) electrons. The number of rotatable bonds is 4. The van der Waals surface area contributed by atoms with E-state index in [4.69, 9.17) is 34.8 Å². The molecule has 0 spiro atoms. The van der Waals surface area contributed by atoms with Gasteiger partial charge in [-0.2, -0.15) is 0 Å². The molecule has 5 rings (SSSR count). The number of benzene rings is 4. The Hall–Kier alpha value is -3.16. The first kappa shape index (κ1) is 24.5. The maximum Gasteiger partial charge on any atom is 0.259 e. The highest BCUT2D eigenvalue weighted by Gasteiger charge is 2.31. The van der Waals surface area contributed by atoms with Gasteiger partial charge in [-0.3, -0.25) is 9.59 Å². The summed E-state index contributed by atoms with van der Waals surface area (Å²) in [5.74, 6) is -0.737. The van der Waals surface area contributed by atoms with Crippen LogP contribution in [0.3, 0.4) is 0 Å². The second-order valence-electron chi connectivity index (χ2n) is 8.05. The van der Waals surface area contributed by atoms with Crippen molar-refractivity contribution in [3.8, 4) is 0 Å². The van der Waals surface area contributed by atoms with Crippen molar-refractivity contribution in [2.45, 2.75) is 16.3 Å². The molecule has 36 heavy (non-hydrogen) atoms. The molecule has 1 heterocycles. The van der Waals surface area contributed by atoms with Gasteiger partial charge in [0.2, 0.25) is 0 Å². The molecule has 180 valence electrons. The maximum absolute atomic E-state index is 13.7. The molecule has 0 bridgehead atoms. The summed E-state index contributed by atoms with van der Waals surface area (Å²) >= 11 is 18.2. The van der Waals surface area contributed by atoms with Crippen LogP contribution in [0.5, 0.6) is 0 Å². The van der Waals surface area contributed by atoms with Crippen LogP contribution >= 0.6 is 34.8 Å². The van der Waals surface area contributed by atoms with Crippen LogP contribution in [-0.4, -0.2) is 16.0 Å². The highest BCUT2D eigenvalue weighted by atomic mass is 35.5. The van der Waals surface area contributed by atoms with Crippen LogP contribution in [0.25, 0.3) is 0 Å². The zero-order chi connectivity index (χ0) is 25.4. The van der Waals surface area contributed by atoms with Crippen LogP contribution in [0.15, 0.2) is 94.7 Å². The number of halogens is 3. The summed E-state index contributed by atoms with van der Waals surface area (Å²) in [6, 6.07) is 23.5. The number of hydrogen-bond acceptors (Lipinski definition) is 3. The smallest absolute Gasteiger partial charge is 0.259 e. The first-order valence-electron chi connectivity index (χ1n) is 10.8. The third-order valence-electron chi connectivity index (χ3n) is 5.68. The molecule has 4 aromatic carbocycles.